The summed E-state index contributed by atoms with van der Waals surface area (Å²) in [6.45, 7) is 3.62. The minimum absolute atomic E-state index is 0.102. The van der Waals surface area contributed by atoms with Gasteiger partial charge in [0.05, 0.1) is 17.3 Å². The molecule has 3 heterocycles. The van der Waals surface area contributed by atoms with Gasteiger partial charge in [-0.05, 0) is 36.4 Å². The number of aromatic nitrogens is 4. The second-order valence-electron chi connectivity index (χ2n) is 7.87. The van der Waals surface area contributed by atoms with Crippen LogP contribution in [0.4, 0.5) is 5.82 Å². The lowest BCUT2D eigenvalue weighted by Gasteiger charge is -2.35. The lowest BCUT2D eigenvalue weighted by atomic mass is 10.1. The minimum Gasteiger partial charge on any atom is -0.427 e. The van der Waals surface area contributed by atoms with Crippen molar-refractivity contribution in [2.24, 2.45) is 0 Å². The van der Waals surface area contributed by atoms with Crippen LogP contribution in [0.3, 0.4) is 0 Å². The van der Waals surface area contributed by atoms with Gasteiger partial charge < -0.3 is 14.5 Å². The van der Waals surface area contributed by atoms with Crippen LogP contribution in [0.15, 0.2) is 61.1 Å². The first-order chi connectivity index (χ1) is 16.5. The minimum atomic E-state index is -0.423. The summed E-state index contributed by atoms with van der Waals surface area (Å²) >= 11 is 6.14. The maximum atomic E-state index is 13.0. The van der Waals surface area contributed by atoms with Crippen LogP contribution >= 0.6 is 11.6 Å². The SMILES string of the molecule is CC(=O)Oc1cccc(C(=O)N2CCN(c3ncnc4c3cnn4-c3cccc(Cl)c3)CC2)c1. The molecule has 4 aromatic rings. The highest BCUT2D eigenvalue weighted by atomic mass is 35.5. The zero-order chi connectivity index (χ0) is 23.7. The van der Waals surface area contributed by atoms with E-state index < -0.39 is 5.97 Å². The Bertz CT molecular complexity index is 1380. The van der Waals surface area contributed by atoms with Gasteiger partial charge in [-0.2, -0.15) is 5.10 Å². The fraction of sp³-hybridized carbons (Fsp3) is 0.208. The molecule has 172 valence electrons. The molecule has 34 heavy (non-hydrogen) atoms. The Labute approximate surface area is 200 Å². The lowest BCUT2D eigenvalue weighted by Crippen LogP contribution is -2.49. The molecule has 0 atom stereocenters. The maximum absolute atomic E-state index is 13.0. The van der Waals surface area contributed by atoms with E-state index in [4.69, 9.17) is 16.3 Å². The standard InChI is InChI=1S/C24H21ClN6O3/c1-16(32)34-20-7-2-4-17(12-20)24(33)30-10-8-29(9-11-30)22-21-14-28-31(23(21)27-15-26-22)19-6-3-5-18(25)13-19/h2-7,12-15H,8-11H2,1H3. The van der Waals surface area contributed by atoms with Gasteiger partial charge in [-0.3, -0.25) is 9.59 Å². The molecule has 0 unspecified atom stereocenters. The van der Waals surface area contributed by atoms with Crippen LogP contribution in [0, 0.1) is 0 Å². The van der Waals surface area contributed by atoms with Crippen molar-refractivity contribution in [2.45, 2.75) is 6.92 Å². The molecule has 0 spiro atoms. The van der Waals surface area contributed by atoms with E-state index in [1.54, 1.807) is 40.0 Å². The van der Waals surface area contributed by atoms with Crippen LogP contribution in [0.5, 0.6) is 5.75 Å². The molecule has 5 rings (SSSR count). The van der Waals surface area contributed by atoms with Crippen LogP contribution < -0.4 is 9.64 Å². The number of hydrogen-bond acceptors (Lipinski definition) is 7. The summed E-state index contributed by atoms with van der Waals surface area (Å²) in [6.07, 6.45) is 3.28. The summed E-state index contributed by atoms with van der Waals surface area (Å²) in [6, 6.07) is 14.1. The number of halogens is 1. The Hall–Kier alpha value is -3.98. The van der Waals surface area contributed by atoms with Gasteiger partial charge in [0.15, 0.2) is 5.65 Å². The molecule has 0 N–H and O–H groups in total. The summed E-state index contributed by atoms with van der Waals surface area (Å²) in [5.74, 6) is 0.614. The van der Waals surface area contributed by atoms with Crippen molar-refractivity contribution >= 4 is 40.3 Å². The van der Waals surface area contributed by atoms with Crippen molar-refractivity contribution < 1.29 is 14.3 Å². The quantitative estimate of drug-likeness (QED) is 0.329. The summed E-state index contributed by atoms with van der Waals surface area (Å²) < 4.78 is 6.84. The van der Waals surface area contributed by atoms with Crippen molar-refractivity contribution in [1.82, 2.24) is 24.6 Å². The van der Waals surface area contributed by atoms with E-state index in [1.165, 1.54) is 13.3 Å². The van der Waals surface area contributed by atoms with E-state index >= 15 is 0 Å². The Kier molecular flexibility index (Phi) is 5.85. The van der Waals surface area contributed by atoms with E-state index in [1.807, 2.05) is 24.3 Å². The Balaban J connectivity index is 1.33. The van der Waals surface area contributed by atoms with Gasteiger partial charge in [-0.1, -0.05) is 23.7 Å². The average molecular weight is 477 g/mol. The normalized spacial score (nSPS) is 13.8. The fourth-order valence-electron chi connectivity index (χ4n) is 4.04. The highest BCUT2D eigenvalue weighted by Gasteiger charge is 2.25. The van der Waals surface area contributed by atoms with Gasteiger partial charge in [0.25, 0.3) is 5.91 Å². The van der Waals surface area contributed by atoms with Gasteiger partial charge in [0.1, 0.15) is 17.9 Å². The van der Waals surface area contributed by atoms with Gasteiger partial charge in [-0.15, -0.1) is 0 Å². The number of nitrogens with zero attached hydrogens (tertiary/aromatic N) is 6. The lowest BCUT2D eigenvalue weighted by molar-refractivity contribution is -0.131. The Morgan fingerprint density at radius 2 is 1.79 bits per heavy atom. The molecular weight excluding hydrogens is 456 g/mol. The third kappa shape index (κ3) is 4.29. The molecule has 0 saturated carbocycles. The molecule has 9 nitrogen and oxygen atoms in total. The number of carbonyl (C=O) groups excluding carboxylic acids is 2. The van der Waals surface area contributed by atoms with Gasteiger partial charge in [0, 0.05) is 43.7 Å². The average Bonchev–Trinajstić information content (AvgIpc) is 3.28. The number of esters is 1. The molecular formula is C24H21ClN6O3. The topological polar surface area (TPSA) is 93.5 Å². The predicted octanol–water partition coefficient (Wildman–Crippen LogP) is 3.36. The number of anilines is 1. The summed E-state index contributed by atoms with van der Waals surface area (Å²) in [5, 5.41) is 5.95. The number of rotatable bonds is 4. The van der Waals surface area contributed by atoms with E-state index in [0.717, 1.165) is 16.9 Å². The maximum Gasteiger partial charge on any atom is 0.308 e. The van der Waals surface area contributed by atoms with Crippen LogP contribution in [-0.4, -0.2) is 62.7 Å². The van der Waals surface area contributed by atoms with E-state index in [-0.39, 0.29) is 5.91 Å². The third-order valence-corrected chi connectivity index (χ3v) is 5.84. The van der Waals surface area contributed by atoms with E-state index in [0.29, 0.717) is 48.2 Å². The highest BCUT2D eigenvalue weighted by molar-refractivity contribution is 6.30. The Morgan fingerprint density at radius 3 is 2.56 bits per heavy atom. The summed E-state index contributed by atoms with van der Waals surface area (Å²) in [4.78, 5) is 37.1. The first-order valence-electron chi connectivity index (χ1n) is 10.8. The number of piperazine rings is 1. The first kappa shape index (κ1) is 21.8. The molecule has 1 aliphatic heterocycles. The largest absolute Gasteiger partial charge is 0.427 e. The zero-order valence-corrected chi connectivity index (χ0v) is 19.1. The number of carbonyl (C=O) groups is 2. The van der Waals surface area contributed by atoms with Crippen molar-refractivity contribution in [2.75, 3.05) is 31.1 Å². The monoisotopic (exact) mass is 476 g/mol. The summed E-state index contributed by atoms with van der Waals surface area (Å²) in [5.41, 5.74) is 1.99. The molecule has 2 aromatic carbocycles. The van der Waals surface area contributed by atoms with Crippen molar-refractivity contribution in [1.29, 1.82) is 0 Å². The second kappa shape index (κ2) is 9.11. The molecule has 1 amide bonds. The smallest absolute Gasteiger partial charge is 0.308 e. The molecule has 0 bridgehead atoms. The van der Waals surface area contributed by atoms with Crippen LogP contribution in [0.25, 0.3) is 16.7 Å². The third-order valence-electron chi connectivity index (χ3n) is 5.61. The number of ether oxygens (including phenoxy) is 1. The van der Waals surface area contributed by atoms with Crippen molar-refractivity contribution in [3.63, 3.8) is 0 Å². The molecule has 1 aliphatic rings. The number of benzene rings is 2. The number of hydrogen-bond donors (Lipinski definition) is 0. The number of fused-ring (bicyclic) bond motifs is 1. The van der Waals surface area contributed by atoms with Crippen molar-refractivity contribution in [3.8, 4) is 11.4 Å². The van der Waals surface area contributed by atoms with Crippen LogP contribution in [-0.2, 0) is 4.79 Å². The Morgan fingerprint density at radius 1 is 1.00 bits per heavy atom. The second-order valence-corrected chi connectivity index (χ2v) is 8.31. The van der Waals surface area contributed by atoms with E-state index in [2.05, 4.69) is 20.0 Å². The predicted molar refractivity (Wildman–Crippen MR) is 128 cm³/mol. The fourth-order valence-corrected chi connectivity index (χ4v) is 4.23. The highest BCUT2D eigenvalue weighted by Crippen LogP contribution is 2.26. The zero-order valence-electron chi connectivity index (χ0n) is 18.4. The first-order valence-corrected chi connectivity index (χ1v) is 11.1. The summed E-state index contributed by atoms with van der Waals surface area (Å²) in [7, 11) is 0. The van der Waals surface area contributed by atoms with Gasteiger partial charge in [0.2, 0.25) is 0 Å². The molecule has 1 saturated heterocycles. The number of amides is 1. The molecule has 10 heteroatoms. The van der Waals surface area contributed by atoms with Crippen LogP contribution in [0.2, 0.25) is 5.02 Å². The van der Waals surface area contributed by atoms with Gasteiger partial charge >= 0.3 is 5.97 Å². The molecule has 0 aliphatic carbocycles. The molecule has 1 fully saturated rings. The molecule has 0 radical (unpaired) electrons. The van der Waals surface area contributed by atoms with Gasteiger partial charge in [-0.25, -0.2) is 14.6 Å². The molecule has 2 aromatic heterocycles. The van der Waals surface area contributed by atoms with Crippen molar-refractivity contribution in [3.05, 3.63) is 71.6 Å². The van der Waals surface area contributed by atoms with E-state index in [9.17, 15) is 9.59 Å². The van der Waals surface area contributed by atoms with Crippen LogP contribution in [0.1, 0.15) is 17.3 Å².